The van der Waals surface area contributed by atoms with Crippen molar-refractivity contribution < 1.29 is 17.9 Å². The standard InChI is InChI=1S/C22H26N4O4S2/c1-13-9-14(2)20-19(10-13)31-22(23-20)25-24-21(27)17-5-7-18(8-6-17)32(28,29)26-11-15(3)30-16(4)12-26/h5-10,15-16H,11-12H2,1-4H3,(H,23,25)(H,24,27)/t15-,16-/m0/s1. The number of thiazole rings is 1. The zero-order valence-electron chi connectivity index (χ0n) is 18.4. The Morgan fingerprint density at radius 1 is 1.12 bits per heavy atom. The summed E-state index contributed by atoms with van der Waals surface area (Å²) in [5.41, 5.74) is 8.96. The van der Waals surface area contributed by atoms with Gasteiger partial charge in [-0.2, -0.15) is 4.31 Å². The van der Waals surface area contributed by atoms with Gasteiger partial charge in [0.1, 0.15) is 0 Å². The van der Waals surface area contributed by atoms with Gasteiger partial charge in [-0.25, -0.2) is 13.4 Å². The van der Waals surface area contributed by atoms with E-state index in [9.17, 15) is 13.2 Å². The molecule has 1 saturated heterocycles. The third-order valence-electron chi connectivity index (χ3n) is 5.25. The molecule has 0 bridgehead atoms. The molecule has 3 aromatic rings. The van der Waals surface area contributed by atoms with Crippen LogP contribution < -0.4 is 10.9 Å². The average Bonchev–Trinajstić information content (AvgIpc) is 3.14. The quantitative estimate of drug-likeness (QED) is 0.549. The second-order valence-electron chi connectivity index (χ2n) is 8.13. The Morgan fingerprint density at radius 3 is 2.44 bits per heavy atom. The molecule has 2 aromatic carbocycles. The van der Waals surface area contributed by atoms with Crippen LogP contribution in [-0.2, 0) is 14.8 Å². The van der Waals surface area contributed by atoms with Crippen LogP contribution in [0.4, 0.5) is 5.13 Å². The summed E-state index contributed by atoms with van der Waals surface area (Å²) < 4.78 is 34.0. The van der Waals surface area contributed by atoms with Gasteiger partial charge < -0.3 is 4.74 Å². The number of benzene rings is 2. The summed E-state index contributed by atoms with van der Waals surface area (Å²) in [7, 11) is -3.65. The summed E-state index contributed by atoms with van der Waals surface area (Å²) in [4.78, 5) is 17.2. The molecule has 0 saturated carbocycles. The smallest absolute Gasteiger partial charge is 0.269 e. The number of morpholine rings is 1. The van der Waals surface area contributed by atoms with Crippen molar-refractivity contribution >= 4 is 42.6 Å². The molecule has 1 aliphatic rings. The van der Waals surface area contributed by atoms with E-state index in [0.717, 1.165) is 21.3 Å². The molecule has 0 spiro atoms. The molecule has 0 unspecified atom stereocenters. The SMILES string of the molecule is Cc1cc(C)c2nc(NNC(=O)c3ccc(S(=O)(=O)N4C[C@H](C)O[C@@H](C)C4)cc3)sc2c1. The minimum absolute atomic E-state index is 0.153. The molecule has 1 aromatic heterocycles. The number of aromatic nitrogens is 1. The van der Waals surface area contributed by atoms with Gasteiger partial charge in [-0.3, -0.25) is 15.6 Å². The van der Waals surface area contributed by atoms with Crippen LogP contribution in [0.1, 0.15) is 35.3 Å². The van der Waals surface area contributed by atoms with E-state index in [1.165, 1.54) is 39.9 Å². The van der Waals surface area contributed by atoms with Gasteiger partial charge in [0.05, 0.1) is 27.3 Å². The number of fused-ring (bicyclic) bond motifs is 1. The highest BCUT2D eigenvalue weighted by Crippen LogP contribution is 2.29. The van der Waals surface area contributed by atoms with Crippen LogP contribution >= 0.6 is 11.3 Å². The van der Waals surface area contributed by atoms with Crippen LogP contribution in [0.5, 0.6) is 0 Å². The van der Waals surface area contributed by atoms with Crippen molar-refractivity contribution in [3.63, 3.8) is 0 Å². The van der Waals surface area contributed by atoms with Crippen LogP contribution in [0.25, 0.3) is 10.2 Å². The number of nitrogens with zero attached hydrogens (tertiary/aromatic N) is 2. The van der Waals surface area contributed by atoms with Crippen molar-refractivity contribution in [1.29, 1.82) is 0 Å². The first kappa shape index (κ1) is 22.7. The number of aryl methyl sites for hydroxylation is 2. The summed E-state index contributed by atoms with van der Waals surface area (Å²) in [5.74, 6) is -0.380. The third kappa shape index (κ3) is 4.63. The van der Waals surface area contributed by atoms with Gasteiger partial charge in [0.25, 0.3) is 5.91 Å². The zero-order chi connectivity index (χ0) is 23.0. The van der Waals surface area contributed by atoms with Crippen molar-refractivity contribution in [1.82, 2.24) is 14.7 Å². The average molecular weight is 475 g/mol. The van der Waals surface area contributed by atoms with Crippen LogP contribution in [0.15, 0.2) is 41.3 Å². The summed E-state index contributed by atoms with van der Waals surface area (Å²) in [5, 5.41) is 0.580. The van der Waals surface area contributed by atoms with Crippen molar-refractivity contribution in [3.8, 4) is 0 Å². The predicted molar refractivity (Wildman–Crippen MR) is 125 cm³/mol. The van der Waals surface area contributed by atoms with E-state index in [4.69, 9.17) is 4.74 Å². The molecule has 10 heteroatoms. The Kier molecular flexibility index (Phi) is 6.22. The normalized spacial score (nSPS) is 19.8. The highest BCUT2D eigenvalue weighted by atomic mass is 32.2. The van der Waals surface area contributed by atoms with Crippen LogP contribution in [0.3, 0.4) is 0 Å². The lowest BCUT2D eigenvalue weighted by molar-refractivity contribution is -0.0440. The first-order chi connectivity index (χ1) is 15.1. The number of carbonyl (C=O) groups is 1. The second kappa shape index (κ2) is 8.78. The topological polar surface area (TPSA) is 101 Å². The lowest BCUT2D eigenvalue weighted by Crippen LogP contribution is -2.48. The maximum Gasteiger partial charge on any atom is 0.269 e. The van der Waals surface area contributed by atoms with Crippen LogP contribution in [0.2, 0.25) is 0 Å². The number of sulfonamides is 1. The molecule has 2 atom stereocenters. The van der Waals surface area contributed by atoms with Gasteiger partial charge >= 0.3 is 0 Å². The second-order valence-corrected chi connectivity index (χ2v) is 11.1. The van der Waals surface area contributed by atoms with Gasteiger partial charge in [-0.05, 0) is 69.2 Å². The fourth-order valence-corrected chi connectivity index (χ4v) is 6.45. The lowest BCUT2D eigenvalue weighted by atomic mass is 10.1. The number of carbonyl (C=O) groups excluding carboxylic acids is 1. The number of ether oxygens (including phenoxy) is 1. The van der Waals surface area contributed by atoms with Gasteiger partial charge in [0.15, 0.2) is 0 Å². The Labute approximate surface area is 191 Å². The Hall–Kier alpha value is -2.53. The van der Waals surface area contributed by atoms with Crippen LogP contribution in [-0.4, -0.2) is 48.9 Å². The molecule has 0 aliphatic carbocycles. The van der Waals surface area contributed by atoms with Gasteiger partial charge in [-0.15, -0.1) is 0 Å². The van der Waals surface area contributed by atoms with E-state index in [2.05, 4.69) is 28.0 Å². The number of hydrogen-bond acceptors (Lipinski definition) is 7. The molecule has 0 radical (unpaired) electrons. The van der Waals surface area contributed by atoms with Crippen molar-refractivity contribution in [2.75, 3.05) is 18.5 Å². The van der Waals surface area contributed by atoms with Gasteiger partial charge in [0, 0.05) is 18.7 Å². The number of hydrazine groups is 1. The van der Waals surface area contributed by atoms with E-state index < -0.39 is 10.0 Å². The fraction of sp³-hybridized carbons (Fsp3) is 0.364. The highest BCUT2D eigenvalue weighted by molar-refractivity contribution is 7.89. The lowest BCUT2D eigenvalue weighted by Gasteiger charge is -2.34. The van der Waals surface area contributed by atoms with Gasteiger partial charge in [-0.1, -0.05) is 17.4 Å². The van der Waals surface area contributed by atoms with Crippen molar-refractivity contribution in [3.05, 3.63) is 53.1 Å². The highest BCUT2D eigenvalue weighted by Gasteiger charge is 2.32. The minimum atomic E-state index is -3.65. The third-order valence-corrected chi connectivity index (χ3v) is 8.02. The van der Waals surface area contributed by atoms with E-state index >= 15 is 0 Å². The van der Waals surface area contributed by atoms with E-state index in [0.29, 0.717) is 23.8 Å². The fourth-order valence-electron chi connectivity index (χ4n) is 3.86. The molecule has 8 nitrogen and oxygen atoms in total. The number of hydrogen-bond donors (Lipinski definition) is 2. The van der Waals surface area contributed by atoms with Crippen LogP contribution in [0, 0.1) is 13.8 Å². The molecule has 4 rings (SSSR count). The molecule has 2 N–H and O–H groups in total. The maximum atomic E-state index is 13.0. The number of nitrogens with one attached hydrogen (secondary N) is 2. The molecule has 32 heavy (non-hydrogen) atoms. The summed E-state index contributed by atoms with van der Waals surface area (Å²) >= 11 is 1.45. The number of anilines is 1. The summed E-state index contributed by atoms with van der Waals surface area (Å²) in [6.07, 6.45) is -0.334. The predicted octanol–water partition coefficient (Wildman–Crippen LogP) is 3.47. The Bertz CT molecular complexity index is 1240. The summed E-state index contributed by atoms with van der Waals surface area (Å²) in [6.45, 7) is 8.36. The largest absolute Gasteiger partial charge is 0.373 e. The number of rotatable bonds is 5. The number of amides is 1. The maximum absolute atomic E-state index is 13.0. The monoisotopic (exact) mass is 474 g/mol. The summed E-state index contributed by atoms with van der Waals surface area (Å²) in [6, 6.07) is 10.0. The first-order valence-electron chi connectivity index (χ1n) is 10.3. The van der Waals surface area contributed by atoms with Crippen molar-refractivity contribution in [2.45, 2.75) is 44.8 Å². The molecule has 2 heterocycles. The molecule has 1 aliphatic heterocycles. The van der Waals surface area contributed by atoms with Gasteiger partial charge in [0.2, 0.25) is 15.2 Å². The van der Waals surface area contributed by atoms with Crippen molar-refractivity contribution in [2.24, 2.45) is 0 Å². The molecule has 1 fully saturated rings. The first-order valence-corrected chi connectivity index (χ1v) is 12.6. The van der Waals surface area contributed by atoms with E-state index in [-0.39, 0.29) is 23.0 Å². The Morgan fingerprint density at radius 2 is 1.78 bits per heavy atom. The van der Waals surface area contributed by atoms with E-state index in [1.807, 2.05) is 27.7 Å². The Balaban J connectivity index is 1.44. The molecule has 170 valence electrons. The zero-order valence-corrected chi connectivity index (χ0v) is 20.0. The minimum Gasteiger partial charge on any atom is -0.373 e. The molecular weight excluding hydrogens is 448 g/mol. The molecule has 1 amide bonds. The van der Waals surface area contributed by atoms with E-state index in [1.54, 1.807) is 0 Å². The molecular formula is C22H26N4O4S2.